The topological polar surface area (TPSA) is 96.6 Å². The number of hydrogen-bond acceptors (Lipinski definition) is 4. The van der Waals surface area contributed by atoms with Crippen molar-refractivity contribution in [3.8, 4) is 0 Å². The van der Waals surface area contributed by atoms with Crippen LogP contribution in [0.3, 0.4) is 0 Å². The molecule has 24 heavy (non-hydrogen) atoms. The minimum atomic E-state index is -0.452. The highest BCUT2D eigenvalue weighted by molar-refractivity contribution is 6.06. The van der Waals surface area contributed by atoms with E-state index in [4.69, 9.17) is 5.73 Å². The number of para-hydroxylation sites is 1. The van der Waals surface area contributed by atoms with E-state index in [9.17, 15) is 14.0 Å². The third kappa shape index (κ3) is 4.91. The predicted octanol–water partition coefficient (Wildman–Crippen LogP) is 2.54. The van der Waals surface area contributed by atoms with Crippen LogP contribution in [0.4, 0.5) is 15.8 Å². The average molecular weight is 328 g/mol. The Hall–Kier alpha value is -3.22. The highest BCUT2D eigenvalue weighted by atomic mass is 19.1. The van der Waals surface area contributed by atoms with Crippen LogP contribution in [0.5, 0.6) is 0 Å². The van der Waals surface area contributed by atoms with Crippen LogP contribution in [0.1, 0.15) is 23.7 Å². The van der Waals surface area contributed by atoms with E-state index in [1.54, 1.807) is 31.2 Å². The molecule has 0 bridgehead atoms. The van der Waals surface area contributed by atoms with E-state index in [1.807, 2.05) is 0 Å². The number of carbonyl (C=O) groups excluding carboxylic acids is 2. The molecular formula is C17H17FN4O2. The van der Waals surface area contributed by atoms with E-state index < -0.39 is 5.91 Å². The molecule has 0 atom stereocenters. The van der Waals surface area contributed by atoms with Gasteiger partial charge in [-0.2, -0.15) is 5.10 Å². The summed E-state index contributed by atoms with van der Waals surface area (Å²) < 4.78 is 12.8. The summed E-state index contributed by atoms with van der Waals surface area (Å²) in [5.41, 5.74) is 9.61. The lowest BCUT2D eigenvalue weighted by atomic mass is 10.2. The van der Waals surface area contributed by atoms with Gasteiger partial charge in [0.15, 0.2) is 0 Å². The largest absolute Gasteiger partial charge is 0.398 e. The summed E-state index contributed by atoms with van der Waals surface area (Å²) in [6, 6.07) is 12.0. The number of nitrogens with zero attached hydrogens (tertiary/aromatic N) is 1. The van der Waals surface area contributed by atoms with E-state index in [2.05, 4.69) is 15.8 Å². The van der Waals surface area contributed by atoms with Crippen molar-refractivity contribution in [3.63, 3.8) is 0 Å². The fourth-order valence-corrected chi connectivity index (χ4v) is 1.92. The van der Waals surface area contributed by atoms with Gasteiger partial charge in [-0.05, 0) is 43.3 Å². The Balaban J connectivity index is 1.89. The number of hydrazone groups is 1. The summed E-state index contributed by atoms with van der Waals surface area (Å²) in [6.45, 7) is 1.61. The standard InChI is InChI=1S/C17H17FN4O2/c1-11(10-16(23)20-13-8-6-12(18)7-9-13)21-22-17(24)14-4-2-3-5-15(14)19/h2-9H,10,19H2,1H3,(H,20,23)(H,22,24)/b21-11+. The van der Waals surface area contributed by atoms with Gasteiger partial charge in [0.25, 0.3) is 5.91 Å². The highest BCUT2D eigenvalue weighted by Crippen LogP contribution is 2.10. The van der Waals surface area contributed by atoms with Crippen LogP contribution in [0, 0.1) is 5.82 Å². The summed E-state index contributed by atoms with van der Waals surface area (Å²) in [4.78, 5) is 23.8. The Morgan fingerprint density at radius 1 is 1.12 bits per heavy atom. The fraction of sp³-hybridized carbons (Fsp3) is 0.118. The number of nitrogen functional groups attached to an aromatic ring is 1. The summed E-state index contributed by atoms with van der Waals surface area (Å²) >= 11 is 0. The van der Waals surface area contributed by atoms with Crippen LogP contribution in [0.15, 0.2) is 53.6 Å². The lowest BCUT2D eigenvalue weighted by molar-refractivity contribution is -0.115. The molecule has 2 aromatic carbocycles. The van der Waals surface area contributed by atoms with Gasteiger partial charge in [0.05, 0.1) is 12.0 Å². The first kappa shape index (κ1) is 17.1. The first-order valence-electron chi connectivity index (χ1n) is 7.19. The third-order valence-corrected chi connectivity index (χ3v) is 3.10. The molecule has 0 radical (unpaired) electrons. The number of carbonyl (C=O) groups is 2. The molecule has 0 aliphatic carbocycles. The molecule has 0 unspecified atom stereocenters. The van der Waals surface area contributed by atoms with Crippen molar-refractivity contribution in [2.45, 2.75) is 13.3 Å². The number of benzene rings is 2. The van der Waals surface area contributed by atoms with E-state index in [1.165, 1.54) is 24.3 Å². The van der Waals surface area contributed by atoms with Crippen LogP contribution >= 0.6 is 0 Å². The highest BCUT2D eigenvalue weighted by Gasteiger charge is 2.09. The van der Waals surface area contributed by atoms with Crippen molar-refractivity contribution in [1.82, 2.24) is 5.43 Å². The van der Waals surface area contributed by atoms with Crippen molar-refractivity contribution < 1.29 is 14.0 Å². The number of nitrogens with one attached hydrogen (secondary N) is 2. The number of halogens is 1. The van der Waals surface area contributed by atoms with Crippen LogP contribution < -0.4 is 16.5 Å². The Kier molecular flexibility index (Phi) is 5.62. The zero-order chi connectivity index (χ0) is 17.5. The Labute approximate surface area is 138 Å². The minimum Gasteiger partial charge on any atom is -0.398 e. The van der Waals surface area contributed by atoms with Crippen LogP contribution in [-0.2, 0) is 4.79 Å². The van der Waals surface area contributed by atoms with Gasteiger partial charge in [0.1, 0.15) is 5.82 Å². The second-order valence-corrected chi connectivity index (χ2v) is 5.11. The van der Waals surface area contributed by atoms with Gasteiger partial charge in [-0.15, -0.1) is 0 Å². The molecule has 0 fully saturated rings. The predicted molar refractivity (Wildman–Crippen MR) is 91.1 cm³/mol. The second-order valence-electron chi connectivity index (χ2n) is 5.11. The van der Waals surface area contributed by atoms with Crippen molar-refractivity contribution in [1.29, 1.82) is 0 Å². The van der Waals surface area contributed by atoms with Gasteiger partial charge in [-0.3, -0.25) is 9.59 Å². The monoisotopic (exact) mass is 328 g/mol. The number of hydrogen-bond donors (Lipinski definition) is 3. The van der Waals surface area contributed by atoms with E-state index in [0.717, 1.165) is 0 Å². The van der Waals surface area contributed by atoms with Crippen LogP contribution in [0.25, 0.3) is 0 Å². The molecule has 0 saturated carbocycles. The lowest BCUT2D eigenvalue weighted by Crippen LogP contribution is -2.22. The third-order valence-electron chi connectivity index (χ3n) is 3.10. The smallest absolute Gasteiger partial charge is 0.273 e. The summed E-state index contributed by atoms with van der Waals surface area (Å²) in [5, 5.41) is 6.49. The van der Waals surface area contributed by atoms with Crippen molar-refractivity contribution in [2.24, 2.45) is 5.10 Å². The van der Waals surface area contributed by atoms with Gasteiger partial charge in [0, 0.05) is 17.1 Å². The molecule has 2 amide bonds. The molecule has 0 aromatic heterocycles. The quantitative estimate of drug-likeness (QED) is 0.447. The molecule has 6 nitrogen and oxygen atoms in total. The Morgan fingerprint density at radius 2 is 1.79 bits per heavy atom. The molecule has 0 heterocycles. The maximum Gasteiger partial charge on any atom is 0.273 e. The van der Waals surface area contributed by atoms with Gasteiger partial charge < -0.3 is 11.1 Å². The Morgan fingerprint density at radius 3 is 2.46 bits per heavy atom. The molecule has 0 aliphatic heterocycles. The normalized spacial score (nSPS) is 11.0. The number of amides is 2. The molecule has 0 saturated heterocycles. The maximum atomic E-state index is 12.8. The first-order valence-corrected chi connectivity index (χ1v) is 7.19. The molecule has 124 valence electrons. The van der Waals surface area contributed by atoms with Gasteiger partial charge in [0.2, 0.25) is 5.91 Å². The van der Waals surface area contributed by atoms with Crippen LogP contribution in [0.2, 0.25) is 0 Å². The molecule has 4 N–H and O–H groups in total. The second kappa shape index (κ2) is 7.87. The summed E-state index contributed by atoms with van der Waals surface area (Å²) in [5.74, 6) is -1.16. The molecule has 7 heteroatoms. The molecule has 2 aromatic rings. The average Bonchev–Trinajstić information content (AvgIpc) is 2.55. The number of anilines is 2. The van der Waals surface area contributed by atoms with Gasteiger partial charge in [-0.1, -0.05) is 12.1 Å². The van der Waals surface area contributed by atoms with E-state index >= 15 is 0 Å². The first-order chi connectivity index (χ1) is 11.5. The number of nitrogens with two attached hydrogens (primary N) is 1. The zero-order valence-electron chi connectivity index (χ0n) is 13.0. The molecule has 0 spiro atoms. The SMILES string of the molecule is C/C(CC(=O)Nc1ccc(F)cc1)=N\NC(=O)c1ccccc1N. The maximum absolute atomic E-state index is 12.8. The lowest BCUT2D eigenvalue weighted by Gasteiger charge is -2.06. The molecular weight excluding hydrogens is 311 g/mol. The van der Waals surface area contributed by atoms with E-state index in [-0.39, 0.29) is 18.1 Å². The van der Waals surface area contributed by atoms with Crippen molar-refractivity contribution >= 4 is 28.9 Å². The fourth-order valence-electron chi connectivity index (χ4n) is 1.92. The Bertz CT molecular complexity index is 772. The molecule has 2 rings (SSSR count). The van der Waals surface area contributed by atoms with Crippen molar-refractivity contribution in [2.75, 3.05) is 11.1 Å². The minimum absolute atomic E-state index is 0.0120. The summed E-state index contributed by atoms with van der Waals surface area (Å²) in [6.07, 6.45) is -0.0120. The van der Waals surface area contributed by atoms with Crippen molar-refractivity contribution in [3.05, 3.63) is 59.9 Å². The molecule has 0 aliphatic rings. The summed E-state index contributed by atoms with van der Waals surface area (Å²) in [7, 11) is 0. The number of rotatable bonds is 5. The van der Waals surface area contributed by atoms with Gasteiger partial charge >= 0.3 is 0 Å². The van der Waals surface area contributed by atoms with Crippen LogP contribution in [-0.4, -0.2) is 17.5 Å². The van der Waals surface area contributed by atoms with Gasteiger partial charge in [-0.25, -0.2) is 9.82 Å². The zero-order valence-corrected chi connectivity index (χ0v) is 13.0. The van der Waals surface area contributed by atoms with E-state index in [0.29, 0.717) is 22.6 Å².